The van der Waals surface area contributed by atoms with Gasteiger partial charge in [-0.2, -0.15) is 0 Å². The quantitative estimate of drug-likeness (QED) is 0.199. The van der Waals surface area contributed by atoms with Crippen LogP contribution in [0.15, 0.2) is 4.99 Å². The third-order valence-electron chi connectivity index (χ3n) is 0.333. The molecule has 32 valence electrons. The van der Waals surface area contributed by atoms with Crippen LogP contribution < -0.4 is 0 Å². The van der Waals surface area contributed by atoms with Crippen molar-refractivity contribution in [2.24, 2.45) is 4.99 Å². The van der Waals surface area contributed by atoms with Crippen molar-refractivity contribution in [1.82, 2.24) is 0 Å². The lowest BCUT2D eigenvalue weighted by atomic mass is 10.2. The summed E-state index contributed by atoms with van der Waals surface area (Å²) in [7, 11) is 5.23. The van der Waals surface area contributed by atoms with E-state index in [1.807, 2.05) is 0 Å². The SMILES string of the molecule is [B]C(N=C)I=C. The van der Waals surface area contributed by atoms with Crippen molar-refractivity contribution in [3.63, 3.8) is 0 Å². The molecular formula is C3H5BIN. The molecule has 0 heterocycles. The van der Waals surface area contributed by atoms with E-state index in [0.717, 1.165) is 0 Å². The maximum Gasteiger partial charge on any atom is 0.116 e. The largest absolute Gasteiger partial charge is 0.298 e. The summed E-state index contributed by atoms with van der Waals surface area (Å²) in [5, 5.41) is 0. The number of alkyl halides is 1. The molecule has 0 N–H and O–H groups in total. The van der Waals surface area contributed by atoms with Gasteiger partial charge in [-0.25, -0.2) is 0 Å². The molecule has 2 radical (unpaired) electrons. The third kappa shape index (κ3) is 2.57. The van der Waals surface area contributed by atoms with E-state index in [1.165, 1.54) is 0 Å². The highest BCUT2D eigenvalue weighted by molar-refractivity contribution is 14.2. The lowest BCUT2D eigenvalue weighted by molar-refractivity contribution is 1.36. The second-order valence-corrected chi connectivity index (χ2v) is 2.87. The van der Waals surface area contributed by atoms with Crippen molar-refractivity contribution in [2.45, 2.75) is 3.95 Å². The summed E-state index contributed by atoms with van der Waals surface area (Å²) in [5.41, 5.74) is 0. The van der Waals surface area contributed by atoms with Crippen molar-refractivity contribution in [2.75, 3.05) is 0 Å². The smallest absolute Gasteiger partial charge is 0.116 e. The zero-order valence-corrected chi connectivity index (χ0v) is 5.55. The van der Waals surface area contributed by atoms with Crippen molar-refractivity contribution in [3.05, 3.63) is 0 Å². The molecule has 0 saturated carbocycles. The molecule has 0 aliphatic heterocycles. The normalized spacial score (nSPS) is 13.3. The monoisotopic (exact) mass is 193 g/mol. The predicted octanol–water partition coefficient (Wildman–Crippen LogP) is 0.542. The van der Waals surface area contributed by atoms with Crippen LogP contribution in [0.5, 0.6) is 0 Å². The molecule has 6 heavy (non-hydrogen) atoms. The van der Waals surface area contributed by atoms with Crippen LogP contribution in [-0.2, 0) is 0 Å². The molecule has 0 aliphatic carbocycles. The lowest BCUT2D eigenvalue weighted by Gasteiger charge is -1.88. The van der Waals surface area contributed by atoms with E-state index < -0.39 is 0 Å². The van der Waals surface area contributed by atoms with Crippen LogP contribution in [0.4, 0.5) is 0 Å². The first-order chi connectivity index (χ1) is 2.81. The average Bonchev–Trinajstić information content (AvgIpc) is 1.65. The fourth-order valence-electron chi connectivity index (χ4n) is 0.0488. The molecular weight excluding hydrogens is 188 g/mol. The van der Waals surface area contributed by atoms with Gasteiger partial charge in [-0.3, -0.25) is 4.99 Å². The van der Waals surface area contributed by atoms with Gasteiger partial charge in [-0.15, -0.1) is 20.7 Å². The van der Waals surface area contributed by atoms with Gasteiger partial charge < -0.3 is 0 Å². The Morgan fingerprint density at radius 2 is 2.33 bits per heavy atom. The summed E-state index contributed by atoms with van der Waals surface area (Å²) in [6.07, 6.45) is 0. The summed E-state index contributed by atoms with van der Waals surface area (Å²) in [5.74, 6) is 0. The average molecular weight is 193 g/mol. The van der Waals surface area contributed by atoms with Gasteiger partial charge in [-0.05, 0) is 6.72 Å². The van der Waals surface area contributed by atoms with E-state index in [-0.39, 0.29) is 24.7 Å². The van der Waals surface area contributed by atoms with Crippen LogP contribution in [0.1, 0.15) is 0 Å². The Bertz CT molecular complexity index is 55.8. The second kappa shape index (κ2) is 3.52. The summed E-state index contributed by atoms with van der Waals surface area (Å²) >= 11 is -0.157. The molecule has 0 spiro atoms. The molecule has 0 fully saturated rings. The number of aliphatic imine (C=N–C) groups is 1. The van der Waals surface area contributed by atoms with Gasteiger partial charge >= 0.3 is 0 Å². The Balaban J connectivity index is 3.21. The summed E-state index contributed by atoms with van der Waals surface area (Å²) < 4.78 is 3.56. The second-order valence-electron chi connectivity index (χ2n) is 0.710. The zero-order valence-electron chi connectivity index (χ0n) is 3.39. The first kappa shape index (κ1) is 6.33. The summed E-state index contributed by atoms with van der Waals surface area (Å²) in [6.45, 7) is 3.24. The van der Waals surface area contributed by atoms with Crippen molar-refractivity contribution < 1.29 is 0 Å². The Morgan fingerprint density at radius 3 is 2.33 bits per heavy atom. The van der Waals surface area contributed by atoms with E-state index in [2.05, 4.69) is 16.2 Å². The third-order valence-corrected chi connectivity index (χ3v) is 1.63. The molecule has 1 nitrogen and oxygen atoms in total. The molecule has 0 amide bonds. The lowest BCUT2D eigenvalue weighted by Crippen LogP contribution is -1.86. The van der Waals surface area contributed by atoms with Crippen molar-refractivity contribution in [1.29, 1.82) is 0 Å². The molecule has 0 aromatic rings. The fraction of sp³-hybridized carbons (Fsp3) is 0.333. The Hall–Kier alpha value is 0.335. The van der Waals surface area contributed by atoms with Crippen molar-refractivity contribution >= 4 is 39.8 Å². The number of halogens is 1. The molecule has 1 atom stereocenters. The van der Waals surface area contributed by atoms with Gasteiger partial charge in [0.15, 0.2) is 0 Å². The number of hydrogen-bond donors (Lipinski definition) is 0. The van der Waals surface area contributed by atoms with Crippen LogP contribution in [0.3, 0.4) is 0 Å². The molecule has 3 heteroatoms. The molecule has 0 saturated heterocycles. The van der Waals surface area contributed by atoms with Crippen LogP contribution in [0.2, 0.25) is 0 Å². The standard InChI is InChI=1S/C3H5BIN/c1-5-3(4)6-2/h3H,1-2H2. The maximum absolute atomic E-state index is 5.23. The predicted molar refractivity (Wildman–Crippen MR) is 40.2 cm³/mol. The zero-order chi connectivity index (χ0) is 4.99. The highest BCUT2D eigenvalue weighted by atomic mass is 127. The van der Waals surface area contributed by atoms with Crippen LogP contribution in [0, 0.1) is 0 Å². The highest BCUT2D eigenvalue weighted by Crippen LogP contribution is 1.99. The van der Waals surface area contributed by atoms with E-state index in [0.29, 0.717) is 0 Å². The number of rotatable bonds is 2. The van der Waals surface area contributed by atoms with Crippen LogP contribution in [-0.4, -0.2) is 23.0 Å². The minimum absolute atomic E-state index is 0.0520. The number of hydrogen-bond acceptors (Lipinski definition) is 1. The van der Waals surface area contributed by atoms with Crippen molar-refractivity contribution in [3.8, 4) is 0 Å². The van der Waals surface area contributed by atoms with Gasteiger partial charge in [0.25, 0.3) is 0 Å². The highest BCUT2D eigenvalue weighted by Gasteiger charge is 1.80. The Labute approximate surface area is 49.0 Å². The van der Waals surface area contributed by atoms with Gasteiger partial charge in [0.1, 0.15) is 7.85 Å². The fourth-order valence-corrected chi connectivity index (χ4v) is 0.327. The van der Waals surface area contributed by atoms with E-state index in [1.54, 1.807) is 0 Å². The molecule has 0 aromatic heterocycles. The Kier molecular flexibility index (Phi) is 3.72. The minimum Gasteiger partial charge on any atom is -0.298 e. The molecule has 0 aromatic carbocycles. The molecule has 0 aliphatic rings. The summed E-state index contributed by atoms with van der Waals surface area (Å²) in [6, 6.07) is 0. The van der Waals surface area contributed by atoms with Gasteiger partial charge in [0.2, 0.25) is 0 Å². The molecule has 0 rings (SSSR count). The van der Waals surface area contributed by atoms with Gasteiger partial charge in [0, 0.05) is 0 Å². The first-order valence-electron chi connectivity index (χ1n) is 1.39. The maximum atomic E-state index is 5.23. The molecule has 1 unspecified atom stereocenters. The Morgan fingerprint density at radius 1 is 1.83 bits per heavy atom. The van der Waals surface area contributed by atoms with Crippen LogP contribution in [0.25, 0.3) is 0 Å². The molecule has 0 bridgehead atoms. The minimum atomic E-state index is -0.157. The van der Waals surface area contributed by atoms with Gasteiger partial charge in [0.05, 0.1) is 3.95 Å². The van der Waals surface area contributed by atoms with E-state index in [4.69, 9.17) is 7.85 Å². The number of nitrogens with zero attached hydrogens (tertiary/aromatic N) is 1. The van der Waals surface area contributed by atoms with Crippen LogP contribution >= 0.6 is 20.7 Å². The van der Waals surface area contributed by atoms with E-state index in [9.17, 15) is 0 Å². The first-order valence-corrected chi connectivity index (χ1v) is 4.16. The van der Waals surface area contributed by atoms with E-state index >= 15 is 0 Å². The topological polar surface area (TPSA) is 12.4 Å². The summed E-state index contributed by atoms with van der Waals surface area (Å²) in [4.78, 5) is 3.52. The van der Waals surface area contributed by atoms with Gasteiger partial charge in [-0.1, -0.05) is 4.51 Å².